The summed E-state index contributed by atoms with van der Waals surface area (Å²) in [6.07, 6.45) is 2.12. The van der Waals surface area contributed by atoms with Gasteiger partial charge in [-0.2, -0.15) is 0 Å². The molecule has 1 N–H and O–H groups in total. The summed E-state index contributed by atoms with van der Waals surface area (Å²) in [5.41, 5.74) is 0. The lowest BCUT2D eigenvalue weighted by Gasteiger charge is -2.29. The highest BCUT2D eigenvalue weighted by Gasteiger charge is 2.27. The fourth-order valence-electron chi connectivity index (χ4n) is 1.90. The molecule has 2 saturated heterocycles. The van der Waals surface area contributed by atoms with Gasteiger partial charge in [-0.15, -0.1) is 0 Å². The standard InChI is InChI=1S/C9H16N2O2/c12-9(8-2-1-3-10-8)11-4-6-13-7-5-11/h8,10H,1-7H2. The van der Waals surface area contributed by atoms with Crippen LogP contribution in [0.15, 0.2) is 0 Å². The number of ether oxygens (including phenoxy) is 1. The van der Waals surface area contributed by atoms with Crippen LogP contribution in [0.2, 0.25) is 0 Å². The second-order valence-corrected chi connectivity index (χ2v) is 3.59. The predicted molar refractivity (Wildman–Crippen MR) is 48.4 cm³/mol. The summed E-state index contributed by atoms with van der Waals surface area (Å²) in [7, 11) is 0. The Kier molecular flexibility index (Phi) is 2.80. The molecule has 0 saturated carbocycles. The lowest BCUT2D eigenvalue weighted by molar-refractivity contribution is -0.137. The number of amides is 1. The van der Waals surface area contributed by atoms with Crippen molar-refractivity contribution in [3.63, 3.8) is 0 Å². The van der Waals surface area contributed by atoms with E-state index in [2.05, 4.69) is 5.32 Å². The molecule has 2 aliphatic heterocycles. The molecular formula is C9H16N2O2. The first-order valence-electron chi connectivity index (χ1n) is 4.98. The molecule has 0 aliphatic carbocycles. The van der Waals surface area contributed by atoms with Crippen LogP contribution < -0.4 is 5.32 Å². The molecule has 1 unspecified atom stereocenters. The van der Waals surface area contributed by atoms with Crippen LogP contribution in [-0.4, -0.2) is 49.7 Å². The molecule has 0 bridgehead atoms. The molecule has 2 heterocycles. The molecule has 4 nitrogen and oxygen atoms in total. The second-order valence-electron chi connectivity index (χ2n) is 3.59. The number of rotatable bonds is 1. The van der Waals surface area contributed by atoms with E-state index in [0.717, 1.165) is 32.5 Å². The molecule has 0 radical (unpaired) electrons. The fourth-order valence-corrected chi connectivity index (χ4v) is 1.90. The third-order valence-corrected chi connectivity index (χ3v) is 2.68. The van der Waals surface area contributed by atoms with Gasteiger partial charge in [0, 0.05) is 13.1 Å². The molecule has 2 fully saturated rings. The predicted octanol–water partition coefficient (Wildman–Crippen LogP) is -0.403. The lowest BCUT2D eigenvalue weighted by atomic mass is 10.2. The van der Waals surface area contributed by atoms with Crippen molar-refractivity contribution >= 4 is 5.91 Å². The van der Waals surface area contributed by atoms with Crippen molar-refractivity contribution in [3.05, 3.63) is 0 Å². The number of nitrogens with one attached hydrogen (secondary N) is 1. The summed E-state index contributed by atoms with van der Waals surface area (Å²) in [4.78, 5) is 13.7. The molecule has 2 rings (SSSR count). The molecule has 2 aliphatic rings. The van der Waals surface area contributed by atoms with Gasteiger partial charge in [-0.1, -0.05) is 0 Å². The SMILES string of the molecule is O=C(C1CCCN1)N1CCOCC1. The summed E-state index contributed by atoms with van der Waals surface area (Å²) in [5, 5.41) is 3.22. The van der Waals surface area contributed by atoms with Crippen LogP contribution in [-0.2, 0) is 9.53 Å². The molecule has 0 spiro atoms. The number of nitrogens with zero attached hydrogens (tertiary/aromatic N) is 1. The van der Waals surface area contributed by atoms with E-state index < -0.39 is 0 Å². The first-order valence-corrected chi connectivity index (χ1v) is 4.98. The monoisotopic (exact) mass is 184 g/mol. The van der Waals surface area contributed by atoms with E-state index in [1.54, 1.807) is 0 Å². The molecule has 0 aromatic carbocycles. The molecule has 13 heavy (non-hydrogen) atoms. The average molecular weight is 184 g/mol. The Balaban J connectivity index is 1.87. The van der Waals surface area contributed by atoms with Crippen LogP contribution in [0.3, 0.4) is 0 Å². The Morgan fingerprint density at radius 1 is 1.38 bits per heavy atom. The number of carbonyl (C=O) groups excluding carboxylic acids is 1. The number of carbonyl (C=O) groups is 1. The third kappa shape index (κ3) is 2.00. The second kappa shape index (κ2) is 4.07. The van der Waals surface area contributed by atoms with Crippen molar-refractivity contribution in [1.82, 2.24) is 10.2 Å². The minimum atomic E-state index is 0.0816. The lowest BCUT2D eigenvalue weighted by Crippen LogP contribution is -2.48. The van der Waals surface area contributed by atoms with E-state index in [1.165, 1.54) is 0 Å². The summed E-state index contributed by atoms with van der Waals surface area (Å²) in [6, 6.07) is 0.0816. The number of morpholine rings is 1. The van der Waals surface area contributed by atoms with Gasteiger partial charge in [-0.05, 0) is 19.4 Å². The van der Waals surface area contributed by atoms with Crippen LogP contribution in [0.1, 0.15) is 12.8 Å². The first kappa shape index (κ1) is 8.97. The van der Waals surface area contributed by atoms with E-state index in [9.17, 15) is 4.79 Å². The Morgan fingerprint density at radius 2 is 2.15 bits per heavy atom. The average Bonchev–Trinajstić information content (AvgIpc) is 2.71. The molecule has 74 valence electrons. The maximum absolute atomic E-state index is 11.8. The van der Waals surface area contributed by atoms with Crippen molar-refractivity contribution in [2.45, 2.75) is 18.9 Å². The summed E-state index contributed by atoms with van der Waals surface area (Å²) in [6.45, 7) is 3.89. The van der Waals surface area contributed by atoms with E-state index >= 15 is 0 Å². The minimum absolute atomic E-state index is 0.0816. The van der Waals surface area contributed by atoms with Crippen molar-refractivity contribution in [3.8, 4) is 0 Å². The smallest absolute Gasteiger partial charge is 0.239 e. The van der Waals surface area contributed by atoms with Gasteiger partial charge in [0.2, 0.25) is 5.91 Å². The molecule has 1 amide bonds. The maximum Gasteiger partial charge on any atom is 0.239 e. The zero-order chi connectivity index (χ0) is 9.10. The molecular weight excluding hydrogens is 168 g/mol. The van der Waals surface area contributed by atoms with Gasteiger partial charge >= 0.3 is 0 Å². The van der Waals surface area contributed by atoms with E-state index in [0.29, 0.717) is 13.2 Å². The molecule has 4 heteroatoms. The van der Waals surface area contributed by atoms with Crippen molar-refractivity contribution < 1.29 is 9.53 Å². The maximum atomic E-state index is 11.8. The summed E-state index contributed by atoms with van der Waals surface area (Å²) in [5.74, 6) is 0.265. The van der Waals surface area contributed by atoms with Crippen LogP contribution >= 0.6 is 0 Å². The van der Waals surface area contributed by atoms with Gasteiger partial charge in [0.25, 0.3) is 0 Å². The normalized spacial score (nSPS) is 29.2. The van der Waals surface area contributed by atoms with Crippen molar-refractivity contribution in [2.75, 3.05) is 32.8 Å². The topological polar surface area (TPSA) is 41.6 Å². The minimum Gasteiger partial charge on any atom is -0.378 e. The molecule has 0 aromatic heterocycles. The summed E-state index contributed by atoms with van der Waals surface area (Å²) < 4.78 is 5.20. The van der Waals surface area contributed by atoms with Gasteiger partial charge in [-0.3, -0.25) is 4.79 Å². The van der Waals surface area contributed by atoms with Crippen LogP contribution in [0.4, 0.5) is 0 Å². The largest absolute Gasteiger partial charge is 0.378 e. The number of hydrogen-bond donors (Lipinski definition) is 1. The molecule has 0 aromatic rings. The Labute approximate surface area is 78.2 Å². The van der Waals surface area contributed by atoms with Gasteiger partial charge in [-0.25, -0.2) is 0 Å². The van der Waals surface area contributed by atoms with Gasteiger partial charge < -0.3 is 15.0 Å². The highest BCUT2D eigenvalue weighted by atomic mass is 16.5. The fraction of sp³-hybridized carbons (Fsp3) is 0.889. The Morgan fingerprint density at radius 3 is 2.77 bits per heavy atom. The van der Waals surface area contributed by atoms with Crippen molar-refractivity contribution in [2.24, 2.45) is 0 Å². The van der Waals surface area contributed by atoms with Crippen LogP contribution in [0.5, 0.6) is 0 Å². The van der Waals surface area contributed by atoms with Gasteiger partial charge in [0.05, 0.1) is 19.3 Å². The number of hydrogen-bond acceptors (Lipinski definition) is 3. The highest BCUT2D eigenvalue weighted by molar-refractivity contribution is 5.82. The Bertz CT molecular complexity index is 184. The zero-order valence-corrected chi connectivity index (χ0v) is 7.79. The van der Waals surface area contributed by atoms with Crippen LogP contribution in [0, 0.1) is 0 Å². The van der Waals surface area contributed by atoms with E-state index in [1.807, 2.05) is 4.90 Å². The summed E-state index contributed by atoms with van der Waals surface area (Å²) >= 11 is 0. The Hall–Kier alpha value is -0.610. The van der Waals surface area contributed by atoms with Gasteiger partial charge in [0.1, 0.15) is 0 Å². The first-order chi connectivity index (χ1) is 6.38. The van der Waals surface area contributed by atoms with E-state index in [4.69, 9.17) is 4.74 Å². The van der Waals surface area contributed by atoms with Crippen molar-refractivity contribution in [1.29, 1.82) is 0 Å². The zero-order valence-electron chi connectivity index (χ0n) is 7.79. The highest BCUT2D eigenvalue weighted by Crippen LogP contribution is 2.09. The van der Waals surface area contributed by atoms with Crippen LogP contribution in [0.25, 0.3) is 0 Å². The quantitative estimate of drug-likeness (QED) is 0.603. The van der Waals surface area contributed by atoms with Gasteiger partial charge in [0.15, 0.2) is 0 Å². The third-order valence-electron chi connectivity index (χ3n) is 2.68. The molecule has 1 atom stereocenters. The van der Waals surface area contributed by atoms with E-state index in [-0.39, 0.29) is 11.9 Å².